The second kappa shape index (κ2) is 10.0. The lowest BCUT2D eigenvalue weighted by atomic mass is 10.1. The van der Waals surface area contributed by atoms with Gasteiger partial charge in [0.1, 0.15) is 28.6 Å². The van der Waals surface area contributed by atoms with Crippen molar-refractivity contribution in [3.8, 4) is 17.7 Å². The third kappa shape index (κ3) is 4.98. The van der Waals surface area contributed by atoms with Gasteiger partial charge in [-0.05, 0) is 54.5 Å². The Hall–Kier alpha value is -4.41. The molecule has 2 aromatic carbocycles. The predicted octanol–water partition coefficient (Wildman–Crippen LogP) is 4.67. The second-order valence-corrected chi connectivity index (χ2v) is 7.82. The molecule has 0 saturated heterocycles. The van der Waals surface area contributed by atoms with Gasteiger partial charge in [-0.25, -0.2) is 0 Å². The number of nitrogens with zero attached hydrogens (tertiary/aromatic N) is 3. The van der Waals surface area contributed by atoms with Crippen LogP contribution in [-0.4, -0.2) is 15.3 Å². The number of nitrogens with one attached hydrogen (secondary N) is 1. The molecule has 0 fully saturated rings. The lowest BCUT2D eigenvalue weighted by Gasteiger charge is -2.11. The number of hydrogen-bond acceptors (Lipinski definition) is 5. The standard InChI is InChI=1S/C26H19ClN4O3/c1-17-13-20(10-11-22(17)27)34-25-21(26(33)31-12-6-5-9-23(31)30-25)14-19(15-28)24(32)29-16-18-7-3-2-4-8-18/h2-14H,16H2,1H3,(H,29,32). The van der Waals surface area contributed by atoms with Gasteiger partial charge in [0.05, 0.1) is 0 Å². The number of hydrogen-bond donors (Lipinski definition) is 1. The summed E-state index contributed by atoms with van der Waals surface area (Å²) in [6, 6.07) is 21.3. The lowest BCUT2D eigenvalue weighted by Crippen LogP contribution is -2.25. The molecule has 168 valence electrons. The molecule has 0 unspecified atom stereocenters. The average molecular weight is 471 g/mol. The summed E-state index contributed by atoms with van der Waals surface area (Å²) in [5, 5.41) is 12.9. The van der Waals surface area contributed by atoms with Crippen LogP contribution in [0.4, 0.5) is 0 Å². The van der Waals surface area contributed by atoms with Crippen molar-refractivity contribution in [2.75, 3.05) is 0 Å². The molecule has 2 heterocycles. The molecular weight excluding hydrogens is 452 g/mol. The van der Waals surface area contributed by atoms with Crippen LogP contribution in [0.2, 0.25) is 5.02 Å². The van der Waals surface area contributed by atoms with Gasteiger partial charge in [0.25, 0.3) is 11.5 Å². The number of carbonyl (C=O) groups is 1. The molecule has 1 N–H and O–H groups in total. The number of pyridine rings is 1. The van der Waals surface area contributed by atoms with Crippen molar-refractivity contribution >= 4 is 29.2 Å². The fourth-order valence-electron chi connectivity index (χ4n) is 3.24. The van der Waals surface area contributed by atoms with Crippen molar-refractivity contribution in [2.45, 2.75) is 13.5 Å². The predicted molar refractivity (Wildman–Crippen MR) is 130 cm³/mol. The maximum Gasteiger partial charge on any atom is 0.269 e. The largest absolute Gasteiger partial charge is 0.438 e. The zero-order valence-corrected chi connectivity index (χ0v) is 18.9. The molecular formula is C26H19ClN4O3. The lowest BCUT2D eigenvalue weighted by molar-refractivity contribution is -0.117. The number of halogens is 1. The number of nitriles is 1. The van der Waals surface area contributed by atoms with Crippen LogP contribution in [0.15, 0.2) is 83.3 Å². The van der Waals surface area contributed by atoms with Crippen molar-refractivity contribution in [1.29, 1.82) is 5.26 Å². The first-order valence-corrected chi connectivity index (χ1v) is 10.7. The van der Waals surface area contributed by atoms with Crippen molar-refractivity contribution in [3.63, 3.8) is 0 Å². The Morgan fingerprint density at radius 2 is 1.94 bits per heavy atom. The number of amides is 1. The van der Waals surface area contributed by atoms with E-state index in [1.807, 2.05) is 43.3 Å². The van der Waals surface area contributed by atoms with Crippen LogP contribution in [0.1, 0.15) is 16.7 Å². The summed E-state index contributed by atoms with van der Waals surface area (Å²) in [5.41, 5.74) is 1.27. The Balaban J connectivity index is 1.75. The van der Waals surface area contributed by atoms with Crippen molar-refractivity contribution < 1.29 is 9.53 Å². The molecule has 0 aliphatic carbocycles. The number of fused-ring (bicyclic) bond motifs is 1. The van der Waals surface area contributed by atoms with E-state index in [4.69, 9.17) is 16.3 Å². The summed E-state index contributed by atoms with van der Waals surface area (Å²) < 4.78 is 7.24. The Morgan fingerprint density at radius 1 is 1.18 bits per heavy atom. The van der Waals surface area contributed by atoms with Crippen LogP contribution in [0, 0.1) is 18.3 Å². The number of benzene rings is 2. The quantitative estimate of drug-likeness (QED) is 0.326. The van der Waals surface area contributed by atoms with Crippen molar-refractivity contribution in [3.05, 3.63) is 111 Å². The molecule has 0 aliphatic heterocycles. The van der Waals surface area contributed by atoms with E-state index < -0.39 is 11.5 Å². The summed E-state index contributed by atoms with van der Waals surface area (Å²) in [7, 11) is 0. The van der Waals surface area contributed by atoms with Gasteiger partial charge in [-0.2, -0.15) is 10.2 Å². The van der Waals surface area contributed by atoms with Gasteiger partial charge >= 0.3 is 0 Å². The van der Waals surface area contributed by atoms with E-state index in [2.05, 4.69) is 10.3 Å². The highest BCUT2D eigenvalue weighted by Crippen LogP contribution is 2.27. The first-order valence-electron chi connectivity index (χ1n) is 10.4. The van der Waals surface area contributed by atoms with Crippen molar-refractivity contribution in [1.82, 2.24) is 14.7 Å². The van der Waals surface area contributed by atoms with Gasteiger partial charge in [0.15, 0.2) is 0 Å². The highest BCUT2D eigenvalue weighted by Gasteiger charge is 2.17. The summed E-state index contributed by atoms with van der Waals surface area (Å²) in [6.07, 6.45) is 2.76. The van der Waals surface area contributed by atoms with Gasteiger partial charge in [0, 0.05) is 17.8 Å². The van der Waals surface area contributed by atoms with Crippen LogP contribution in [0.25, 0.3) is 11.7 Å². The SMILES string of the molecule is Cc1cc(Oc2nc3ccccn3c(=O)c2C=C(C#N)C(=O)NCc2ccccc2)ccc1Cl. The topological polar surface area (TPSA) is 96.5 Å². The molecule has 1 amide bonds. The molecule has 34 heavy (non-hydrogen) atoms. The van der Waals surface area contributed by atoms with Crippen LogP contribution in [0.3, 0.4) is 0 Å². The Bertz CT molecular complexity index is 1500. The van der Waals surface area contributed by atoms with Gasteiger partial charge in [0.2, 0.25) is 5.88 Å². The molecule has 0 spiro atoms. The molecule has 4 aromatic rings. The van der Waals surface area contributed by atoms with E-state index in [1.165, 1.54) is 10.5 Å². The van der Waals surface area contributed by atoms with Gasteiger partial charge in [-0.3, -0.25) is 14.0 Å². The van der Waals surface area contributed by atoms with Crippen LogP contribution in [0.5, 0.6) is 11.6 Å². The monoisotopic (exact) mass is 470 g/mol. The molecule has 0 bridgehead atoms. The molecule has 0 atom stereocenters. The molecule has 0 saturated carbocycles. The number of rotatable bonds is 6. The summed E-state index contributed by atoms with van der Waals surface area (Å²) in [6.45, 7) is 2.06. The molecule has 8 heteroatoms. The second-order valence-electron chi connectivity index (χ2n) is 7.42. The smallest absolute Gasteiger partial charge is 0.269 e. The summed E-state index contributed by atoms with van der Waals surface area (Å²) in [5.74, 6) is -0.227. The van der Waals surface area contributed by atoms with E-state index in [1.54, 1.807) is 42.6 Å². The highest BCUT2D eigenvalue weighted by atomic mass is 35.5. The zero-order chi connectivity index (χ0) is 24.1. The highest BCUT2D eigenvalue weighted by molar-refractivity contribution is 6.31. The molecule has 4 rings (SSSR count). The van der Waals surface area contributed by atoms with Gasteiger partial charge < -0.3 is 10.1 Å². The van der Waals surface area contributed by atoms with Crippen LogP contribution >= 0.6 is 11.6 Å². The first kappa shape index (κ1) is 22.8. The number of ether oxygens (including phenoxy) is 1. The third-order valence-electron chi connectivity index (χ3n) is 5.03. The number of carbonyl (C=O) groups excluding carboxylic acids is 1. The average Bonchev–Trinajstić information content (AvgIpc) is 2.85. The van der Waals surface area contributed by atoms with E-state index in [-0.39, 0.29) is 23.6 Å². The molecule has 7 nitrogen and oxygen atoms in total. The van der Waals surface area contributed by atoms with E-state index >= 15 is 0 Å². The zero-order valence-electron chi connectivity index (χ0n) is 18.2. The Labute approximate surface area is 200 Å². The molecule has 0 radical (unpaired) electrons. The van der Waals surface area contributed by atoms with Gasteiger partial charge in [-0.15, -0.1) is 0 Å². The Kier molecular flexibility index (Phi) is 6.72. The number of aryl methyl sites for hydroxylation is 1. The normalized spacial score (nSPS) is 11.1. The van der Waals surface area contributed by atoms with E-state index in [9.17, 15) is 14.9 Å². The van der Waals surface area contributed by atoms with E-state index in [0.717, 1.165) is 11.1 Å². The molecule has 2 aromatic heterocycles. The minimum Gasteiger partial charge on any atom is -0.438 e. The van der Waals surface area contributed by atoms with Crippen LogP contribution in [-0.2, 0) is 11.3 Å². The minimum atomic E-state index is -0.614. The third-order valence-corrected chi connectivity index (χ3v) is 5.45. The molecule has 0 aliphatic rings. The summed E-state index contributed by atoms with van der Waals surface area (Å²) >= 11 is 6.10. The maximum absolute atomic E-state index is 13.3. The fraction of sp³-hybridized carbons (Fsp3) is 0.0769. The van der Waals surface area contributed by atoms with Crippen molar-refractivity contribution in [2.24, 2.45) is 0 Å². The minimum absolute atomic E-state index is 0.0253. The number of aromatic nitrogens is 2. The van der Waals surface area contributed by atoms with E-state index in [0.29, 0.717) is 16.4 Å². The fourth-order valence-corrected chi connectivity index (χ4v) is 3.36. The Morgan fingerprint density at radius 3 is 2.68 bits per heavy atom. The van der Waals surface area contributed by atoms with Crippen LogP contribution < -0.4 is 15.6 Å². The summed E-state index contributed by atoms with van der Waals surface area (Å²) in [4.78, 5) is 30.4. The first-order chi connectivity index (χ1) is 16.5. The van der Waals surface area contributed by atoms with Gasteiger partial charge in [-0.1, -0.05) is 48.0 Å². The maximum atomic E-state index is 13.3.